The number of nitrogens with zero attached hydrogens (tertiary/aromatic N) is 3. The molecule has 0 radical (unpaired) electrons. The number of amides is 1. The molecule has 0 fully saturated rings. The van der Waals surface area contributed by atoms with E-state index in [2.05, 4.69) is 26.8 Å². The van der Waals surface area contributed by atoms with Crippen LogP contribution in [0.2, 0.25) is 0 Å². The first-order valence-electron chi connectivity index (χ1n) is 7.79. The van der Waals surface area contributed by atoms with Crippen LogP contribution in [0.25, 0.3) is 27.8 Å². The van der Waals surface area contributed by atoms with Crippen molar-refractivity contribution in [2.45, 2.75) is 32.8 Å². The quantitative estimate of drug-likeness (QED) is 0.770. The van der Waals surface area contributed by atoms with Crippen LogP contribution < -0.4 is 5.32 Å². The summed E-state index contributed by atoms with van der Waals surface area (Å²) in [7, 11) is 0. The summed E-state index contributed by atoms with van der Waals surface area (Å²) in [6.45, 7) is 10.0. The maximum atomic E-state index is 11.7. The Labute approximate surface area is 139 Å². The second-order valence-corrected chi connectivity index (χ2v) is 6.59. The molecule has 7 nitrogen and oxygen atoms in total. The molecule has 0 spiro atoms. The fourth-order valence-electron chi connectivity index (χ4n) is 2.49. The van der Waals surface area contributed by atoms with Crippen LogP contribution in [0, 0.1) is 0 Å². The minimum absolute atomic E-state index is 0.428. The smallest absolute Gasteiger partial charge is 0.407 e. The molecule has 0 unspecified atom stereocenters. The van der Waals surface area contributed by atoms with Crippen molar-refractivity contribution in [3.05, 3.63) is 31.4 Å². The molecule has 0 atom stereocenters. The van der Waals surface area contributed by atoms with Crippen LogP contribution >= 0.6 is 0 Å². The number of imidazole rings is 1. The number of pyridine rings is 1. The lowest BCUT2D eigenvalue weighted by molar-refractivity contribution is 0.0529. The molecule has 3 rings (SSSR count). The molecule has 0 aliphatic heterocycles. The van der Waals surface area contributed by atoms with Gasteiger partial charge in [-0.05, 0) is 26.8 Å². The zero-order valence-electron chi connectivity index (χ0n) is 14.1. The molecule has 0 saturated carbocycles. The first kappa shape index (κ1) is 16.0. The van der Waals surface area contributed by atoms with Crippen molar-refractivity contribution in [3.63, 3.8) is 0 Å². The first-order chi connectivity index (χ1) is 11.3. The first-order valence-corrected chi connectivity index (χ1v) is 7.79. The molecule has 0 aromatic carbocycles. The zero-order chi connectivity index (χ0) is 17.3. The van der Waals surface area contributed by atoms with Crippen molar-refractivity contribution in [2.24, 2.45) is 0 Å². The Kier molecular flexibility index (Phi) is 4.01. The molecular formula is C17H21N5O2. The topological polar surface area (TPSA) is 84.8 Å². The molecule has 3 aromatic heterocycles. The fraction of sp³-hybridized carbons (Fsp3) is 0.353. The molecule has 7 heteroatoms. The second-order valence-electron chi connectivity index (χ2n) is 6.59. The Morgan fingerprint density at radius 1 is 1.42 bits per heavy atom. The van der Waals surface area contributed by atoms with Crippen molar-refractivity contribution in [2.75, 3.05) is 6.54 Å². The molecule has 0 bridgehead atoms. The van der Waals surface area contributed by atoms with Crippen molar-refractivity contribution in [1.82, 2.24) is 24.8 Å². The van der Waals surface area contributed by atoms with Gasteiger partial charge in [-0.3, -0.25) is 0 Å². The molecule has 2 N–H and O–H groups in total. The highest BCUT2D eigenvalue weighted by Crippen LogP contribution is 2.24. The molecular weight excluding hydrogens is 306 g/mol. The second kappa shape index (κ2) is 5.99. The molecule has 24 heavy (non-hydrogen) atoms. The van der Waals surface area contributed by atoms with Crippen molar-refractivity contribution >= 4 is 33.9 Å². The summed E-state index contributed by atoms with van der Waals surface area (Å²) in [6.07, 6.45) is 5.47. The Balaban J connectivity index is 1.71. The number of nitrogens with one attached hydrogen (secondary N) is 2. The number of aromatic nitrogens is 4. The number of carbonyl (C=O) groups excluding carboxylic acids is 1. The summed E-state index contributed by atoms with van der Waals surface area (Å²) in [6, 6.07) is 1.97. The molecule has 126 valence electrons. The van der Waals surface area contributed by atoms with E-state index in [-0.39, 0.29) is 0 Å². The van der Waals surface area contributed by atoms with Gasteiger partial charge in [0.2, 0.25) is 0 Å². The van der Waals surface area contributed by atoms with E-state index < -0.39 is 11.7 Å². The summed E-state index contributed by atoms with van der Waals surface area (Å²) >= 11 is 0. The van der Waals surface area contributed by atoms with Crippen LogP contribution in [0.3, 0.4) is 0 Å². The molecule has 3 aromatic rings. The van der Waals surface area contributed by atoms with Crippen LogP contribution in [-0.4, -0.2) is 37.8 Å². The third kappa shape index (κ3) is 3.24. The summed E-state index contributed by atoms with van der Waals surface area (Å²) < 4.78 is 7.15. The predicted octanol–water partition coefficient (Wildman–Crippen LogP) is 3.30. The number of rotatable bonds is 4. The third-order valence-electron chi connectivity index (χ3n) is 3.51. The van der Waals surface area contributed by atoms with Crippen LogP contribution in [0.15, 0.2) is 31.4 Å². The van der Waals surface area contributed by atoms with Crippen molar-refractivity contribution in [3.8, 4) is 0 Å². The van der Waals surface area contributed by atoms with Gasteiger partial charge >= 0.3 is 6.09 Å². The van der Waals surface area contributed by atoms with Crippen LogP contribution in [0.1, 0.15) is 27.2 Å². The lowest BCUT2D eigenvalue weighted by atomic mass is 10.2. The highest BCUT2D eigenvalue weighted by atomic mass is 16.6. The van der Waals surface area contributed by atoms with Crippen LogP contribution in [0.5, 0.6) is 0 Å². The SMILES string of the molecule is C=C(CCNC(=O)OC(C)(C)C)n1cnc2cnc3[nH]ccc3c21. The highest BCUT2D eigenvalue weighted by Gasteiger charge is 2.16. The number of ether oxygens (including phenoxy) is 1. The lowest BCUT2D eigenvalue weighted by Gasteiger charge is -2.19. The highest BCUT2D eigenvalue weighted by molar-refractivity contribution is 6.02. The number of hydrogen-bond donors (Lipinski definition) is 2. The average molecular weight is 327 g/mol. The van der Waals surface area contributed by atoms with E-state index in [1.54, 1.807) is 12.5 Å². The van der Waals surface area contributed by atoms with E-state index in [9.17, 15) is 4.79 Å². The van der Waals surface area contributed by atoms with Gasteiger partial charge in [-0.2, -0.15) is 0 Å². The van der Waals surface area contributed by atoms with Gasteiger partial charge in [0.1, 0.15) is 23.1 Å². The Hall–Kier alpha value is -2.83. The van der Waals surface area contributed by atoms with Crippen LogP contribution in [-0.2, 0) is 4.74 Å². The maximum absolute atomic E-state index is 11.7. The fourth-order valence-corrected chi connectivity index (χ4v) is 2.49. The van der Waals surface area contributed by atoms with E-state index in [1.165, 1.54) is 0 Å². The molecule has 0 aliphatic carbocycles. The van der Waals surface area contributed by atoms with E-state index in [4.69, 9.17) is 4.74 Å². The normalized spacial score (nSPS) is 11.8. The Morgan fingerprint density at radius 2 is 2.21 bits per heavy atom. The molecule has 0 saturated heterocycles. The summed E-state index contributed by atoms with van der Waals surface area (Å²) in [5, 5.41) is 3.73. The zero-order valence-corrected chi connectivity index (χ0v) is 14.1. The number of H-pyrrole nitrogens is 1. The standard InChI is InChI=1S/C17H21N5O2/c1-11(5-7-19-16(23)24-17(2,3)4)22-10-21-13-9-20-15-12(14(13)22)6-8-18-15/h6,8-10H,1,5,7H2,2-4H3,(H,18,20)(H,19,23). The Bertz CT molecular complexity index is 901. The van der Waals surface area contributed by atoms with Gasteiger partial charge in [0.25, 0.3) is 0 Å². The number of alkyl carbamates (subject to hydrolysis) is 1. The van der Waals surface area contributed by atoms with E-state index >= 15 is 0 Å². The summed E-state index contributed by atoms with van der Waals surface area (Å²) in [5.74, 6) is 0. The number of carbonyl (C=O) groups is 1. The van der Waals surface area contributed by atoms with E-state index in [0.717, 1.165) is 27.8 Å². The number of aromatic amines is 1. The third-order valence-corrected chi connectivity index (χ3v) is 3.51. The minimum Gasteiger partial charge on any atom is -0.444 e. The molecule has 1 amide bonds. The van der Waals surface area contributed by atoms with Gasteiger partial charge in [-0.25, -0.2) is 14.8 Å². The summed E-state index contributed by atoms with van der Waals surface area (Å²) in [5.41, 5.74) is 2.91. The average Bonchev–Trinajstić information content (AvgIpc) is 3.10. The lowest BCUT2D eigenvalue weighted by Crippen LogP contribution is -2.33. The van der Waals surface area contributed by atoms with Gasteiger partial charge in [0.15, 0.2) is 0 Å². The van der Waals surface area contributed by atoms with Crippen molar-refractivity contribution in [1.29, 1.82) is 0 Å². The molecule has 3 heterocycles. The minimum atomic E-state index is -0.505. The van der Waals surface area contributed by atoms with Gasteiger partial charge < -0.3 is 19.6 Å². The van der Waals surface area contributed by atoms with Gasteiger partial charge in [0, 0.05) is 30.2 Å². The Morgan fingerprint density at radius 3 is 2.96 bits per heavy atom. The largest absolute Gasteiger partial charge is 0.444 e. The van der Waals surface area contributed by atoms with Gasteiger partial charge in [-0.1, -0.05) is 6.58 Å². The van der Waals surface area contributed by atoms with E-state index in [0.29, 0.717) is 13.0 Å². The maximum Gasteiger partial charge on any atom is 0.407 e. The van der Waals surface area contributed by atoms with Gasteiger partial charge in [0.05, 0.1) is 11.7 Å². The number of fused-ring (bicyclic) bond motifs is 3. The van der Waals surface area contributed by atoms with E-state index in [1.807, 2.05) is 37.6 Å². The van der Waals surface area contributed by atoms with Crippen molar-refractivity contribution < 1.29 is 9.53 Å². The molecule has 0 aliphatic rings. The van der Waals surface area contributed by atoms with Gasteiger partial charge in [-0.15, -0.1) is 0 Å². The van der Waals surface area contributed by atoms with Crippen LogP contribution in [0.4, 0.5) is 4.79 Å². The number of hydrogen-bond acceptors (Lipinski definition) is 4. The monoisotopic (exact) mass is 327 g/mol. The predicted molar refractivity (Wildman–Crippen MR) is 93.6 cm³/mol. The summed E-state index contributed by atoms with van der Waals surface area (Å²) in [4.78, 5) is 23.5.